The Balaban J connectivity index is 2.17. The predicted molar refractivity (Wildman–Crippen MR) is 71.7 cm³/mol. The predicted octanol–water partition coefficient (Wildman–Crippen LogP) is 3.09. The maximum absolute atomic E-state index is 12.1. The SMILES string of the molecule is COCC(C)CC(=O)c1cnc2ccccc2c1. The average Bonchev–Trinajstić information content (AvgIpc) is 2.38. The number of ketones is 1. The van der Waals surface area contributed by atoms with Crippen molar-refractivity contribution < 1.29 is 9.53 Å². The number of hydrogen-bond acceptors (Lipinski definition) is 3. The first kappa shape index (κ1) is 12.7. The maximum atomic E-state index is 12.1. The van der Waals surface area contributed by atoms with Crippen molar-refractivity contribution in [1.29, 1.82) is 0 Å². The van der Waals surface area contributed by atoms with E-state index in [0.29, 0.717) is 18.6 Å². The van der Waals surface area contributed by atoms with E-state index >= 15 is 0 Å². The molecule has 1 atom stereocenters. The minimum atomic E-state index is 0.123. The number of carbonyl (C=O) groups excluding carboxylic acids is 1. The molecule has 0 radical (unpaired) electrons. The van der Waals surface area contributed by atoms with Gasteiger partial charge in [0, 0.05) is 37.3 Å². The molecule has 1 heterocycles. The lowest BCUT2D eigenvalue weighted by molar-refractivity contribution is 0.0920. The third kappa shape index (κ3) is 2.93. The fraction of sp³-hybridized carbons (Fsp3) is 0.333. The van der Waals surface area contributed by atoms with Gasteiger partial charge in [0.25, 0.3) is 0 Å². The zero-order valence-corrected chi connectivity index (χ0v) is 10.7. The van der Waals surface area contributed by atoms with E-state index in [1.165, 1.54) is 0 Å². The number of nitrogens with zero attached hydrogens (tertiary/aromatic N) is 1. The zero-order valence-electron chi connectivity index (χ0n) is 10.7. The largest absolute Gasteiger partial charge is 0.384 e. The average molecular weight is 243 g/mol. The summed E-state index contributed by atoms with van der Waals surface area (Å²) in [4.78, 5) is 16.4. The molecule has 0 fully saturated rings. The topological polar surface area (TPSA) is 39.2 Å². The number of ether oxygens (including phenoxy) is 1. The third-order valence-electron chi connectivity index (χ3n) is 2.90. The first-order valence-electron chi connectivity index (χ1n) is 6.07. The van der Waals surface area contributed by atoms with E-state index in [1.807, 2.05) is 37.3 Å². The number of para-hydroxylation sites is 1. The molecule has 1 aromatic carbocycles. The van der Waals surface area contributed by atoms with Crippen LogP contribution in [0.1, 0.15) is 23.7 Å². The van der Waals surface area contributed by atoms with Crippen LogP contribution in [0.15, 0.2) is 36.5 Å². The van der Waals surface area contributed by atoms with E-state index in [1.54, 1.807) is 13.3 Å². The molecular weight excluding hydrogens is 226 g/mol. The summed E-state index contributed by atoms with van der Waals surface area (Å²) in [6.07, 6.45) is 2.15. The van der Waals surface area contributed by atoms with Crippen molar-refractivity contribution in [1.82, 2.24) is 4.98 Å². The van der Waals surface area contributed by atoms with Crippen LogP contribution in [-0.2, 0) is 4.74 Å². The number of Topliss-reactive ketones (excluding diaryl/α,β-unsaturated/α-hetero) is 1. The number of hydrogen-bond donors (Lipinski definition) is 0. The highest BCUT2D eigenvalue weighted by molar-refractivity contribution is 5.98. The molecule has 0 N–H and O–H groups in total. The molecule has 2 rings (SSSR count). The second kappa shape index (κ2) is 5.74. The molecule has 1 unspecified atom stereocenters. The summed E-state index contributed by atoms with van der Waals surface area (Å²) in [5.74, 6) is 0.353. The Bertz CT molecular complexity index is 551. The van der Waals surface area contributed by atoms with E-state index in [9.17, 15) is 4.79 Å². The van der Waals surface area contributed by atoms with Crippen LogP contribution in [0.2, 0.25) is 0 Å². The van der Waals surface area contributed by atoms with Crippen LogP contribution in [0.25, 0.3) is 10.9 Å². The molecule has 3 nitrogen and oxygen atoms in total. The van der Waals surface area contributed by atoms with Crippen LogP contribution < -0.4 is 0 Å². The van der Waals surface area contributed by atoms with Gasteiger partial charge in [-0.3, -0.25) is 9.78 Å². The van der Waals surface area contributed by atoms with Gasteiger partial charge < -0.3 is 4.74 Å². The van der Waals surface area contributed by atoms with Gasteiger partial charge in [-0.15, -0.1) is 0 Å². The van der Waals surface area contributed by atoms with Crippen molar-refractivity contribution in [3.05, 3.63) is 42.1 Å². The van der Waals surface area contributed by atoms with E-state index in [4.69, 9.17) is 4.74 Å². The van der Waals surface area contributed by atoms with E-state index in [0.717, 1.165) is 10.9 Å². The number of carbonyl (C=O) groups is 1. The molecule has 0 saturated carbocycles. The molecule has 18 heavy (non-hydrogen) atoms. The fourth-order valence-electron chi connectivity index (χ4n) is 2.00. The molecule has 3 heteroatoms. The Morgan fingerprint density at radius 3 is 2.94 bits per heavy atom. The number of pyridine rings is 1. The minimum Gasteiger partial charge on any atom is -0.384 e. The number of methoxy groups -OCH3 is 1. The highest BCUT2D eigenvalue weighted by atomic mass is 16.5. The van der Waals surface area contributed by atoms with E-state index in [-0.39, 0.29) is 11.7 Å². The second-order valence-electron chi connectivity index (χ2n) is 4.60. The molecule has 0 aliphatic carbocycles. The Morgan fingerprint density at radius 2 is 2.17 bits per heavy atom. The van der Waals surface area contributed by atoms with Crippen LogP contribution in [-0.4, -0.2) is 24.5 Å². The highest BCUT2D eigenvalue weighted by Crippen LogP contribution is 2.15. The summed E-state index contributed by atoms with van der Waals surface area (Å²) >= 11 is 0. The van der Waals surface area contributed by atoms with Crippen molar-refractivity contribution in [3.8, 4) is 0 Å². The quantitative estimate of drug-likeness (QED) is 0.757. The summed E-state index contributed by atoms with van der Waals surface area (Å²) in [7, 11) is 1.65. The van der Waals surface area contributed by atoms with Crippen molar-refractivity contribution in [2.24, 2.45) is 5.92 Å². The van der Waals surface area contributed by atoms with Gasteiger partial charge in [0.2, 0.25) is 0 Å². The van der Waals surface area contributed by atoms with Gasteiger partial charge in [-0.1, -0.05) is 25.1 Å². The smallest absolute Gasteiger partial charge is 0.164 e. The van der Waals surface area contributed by atoms with Gasteiger partial charge in [0.1, 0.15) is 0 Å². The molecule has 0 aliphatic rings. The molecule has 0 bridgehead atoms. The fourth-order valence-corrected chi connectivity index (χ4v) is 2.00. The first-order valence-corrected chi connectivity index (χ1v) is 6.07. The molecule has 0 saturated heterocycles. The number of aromatic nitrogens is 1. The Labute approximate surface area is 107 Å². The maximum Gasteiger partial charge on any atom is 0.164 e. The standard InChI is InChI=1S/C15H17NO2/c1-11(10-18-2)7-15(17)13-8-12-5-3-4-6-14(12)16-9-13/h3-6,8-9,11H,7,10H2,1-2H3. The summed E-state index contributed by atoms with van der Waals surface area (Å²) < 4.78 is 5.04. The first-order chi connectivity index (χ1) is 8.70. The van der Waals surface area contributed by atoms with Gasteiger partial charge in [-0.25, -0.2) is 0 Å². The van der Waals surface area contributed by atoms with Crippen LogP contribution >= 0.6 is 0 Å². The van der Waals surface area contributed by atoms with Gasteiger partial charge >= 0.3 is 0 Å². The molecule has 0 spiro atoms. The van der Waals surface area contributed by atoms with E-state index < -0.39 is 0 Å². The number of rotatable bonds is 5. The minimum absolute atomic E-state index is 0.123. The molecule has 1 aromatic heterocycles. The molecular formula is C15H17NO2. The summed E-state index contributed by atoms with van der Waals surface area (Å²) in [6, 6.07) is 9.71. The lowest BCUT2D eigenvalue weighted by Gasteiger charge is -2.09. The summed E-state index contributed by atoms with van der Waals surface area (Å²) in [5, 5.41) is 1.00. The molecule has 94 valence electrons. The normalized spacial score (nSPS) is 12.6. The van der Waals surface area contributed by atoms with Crippen LogP contribution in [0, 0.1) is 5.92 Å². The lowest BCUT2D eigenvalue weighted by Crippen LogP contribution is -2.11. The van der Waals surface area contributed by atoms with Crippen molar-refractivity contribution in [2.75, 3.05) is 13.7 Å². The third-order valence-corrected chi connectivity index (χ3v) is 2.90. The highest BCUT2D eigenvalue weighted by Gasteiger charge is 2.12. The van der Waals surface area contributed by atoms with Gasteiger partial charge in [-0.2, -0.15) is 0 Å². The lowest BCUT2D eigenvalue weighted by atomic mass is 10.0. The Kier molecular flexibility index (Phi) is 4.05. The van der Waals surface area contributed by atoms with Gasteiger partial charge in [-0.05, 0) is 18.1 Å². The van der Waals surface area contributed by atoms with E-state index in [2.05, 4.69) is 4.98 Å². The van der Waals surface area contributed by atoms with Crippen molar-refractivity contribution in [2.45, 2.75) is 13.3 Å². The summed E-state index contributed by atoms with van der Waals surface area (Å²) in [5.41, 5.74) is 1.59. The van der Waals surface area contributed by atoms with Crippen molar-refractivity contribution in [3.63, 3.8) is 0 Å². The Hall–Kier alpha value is -1.74. The molecule has 2 aromatic rings. The van der Waals surface area contributed by atoms with Crippen LogP contribution in [0.3, 0.4) is 0 Å². The molecule has 0 aliphatic heterocycles. The van der Waals surface area contributed by atoms with Crippen LogP contribution in [0.5, 0.6) is 0 Å². The van der Waals surface area contributed by atoms with Gasteiger partial charge in [0.05, 0.1) is 5.52 Å². The Morgan fingerprint density at radius 1 is 1.39 bits per heavy atom. The number of fused-ring (bicyclic) bond motifs is 1. The zero-order chi connectivity index (χ0) is 13.0. The second-order valence-corrected chi connectivity index (χ2v) is 4.60. The van der Waals surface area contributed by atoms with Gasteiger partial charge in [0.15, 0.2) is 5.78 Å². The summed E-state index contributed by atoms with van der Waals surface area (Å²) in [6.45, 7) is 2.61. The number of benzene rings is 1. The van der Waals surface area contributed by atoms with Crippen molar-refractivity contribution >= 4 is 16.7 Å². The monoisotopic (exact) mass is 243 g/mol. The molecule has 0 amide bonds. The van der Waals surface area contributed by atoms with Crippen LogP contribution in [0.4, 0.5) is 0 Å².